The number of rotatable bonds is 1. The zero-order valence-corrected chi connectivity index (χ0v) is 4.39. The highest BCUT2D eigenvalue weighted by atomic mass is 32.2. The van der Waals surface area contributed by atoms with Crippen molar-refractivity contribution in [2.24, 2.45) is 4.58 Å². The molecule has 0 aliphatic heterocycles. The molecule has 0 bridgehead atoms. The van der Waals surface area contributed by atoms with Crippen molar-refractivity contribution in [3.63, 3.8) is 0 Å². The molecule has 0 atom stereocenters. The van der Waals surface area contributed by atoms with E-state index in [1.807, 2.05) is 12.1 Å². The molecule has 0 N–H and O–H groups in total. The molecule has 1 aromatic heterocycles. The summed E-state index contributed by atoms with van der Waals surface area (Å²) < 4.78 is 2.79. The van der Waals surface area contributed by atoms with E-state index in [-0.39, 0.29) is 0 Å². The first-order valence-electron chi connectivity index (χ1n) is 1.84. The van der Waals surface area contributed by atoms with Crippen LogP contribution in [0.15, 0.2) is 27.5 Å². The maximum atomic E-state index is 9.67. The SMILES string of the molecule is O=N[s+]1cccc1. The summed E-state index contributed by atoms with van der Waals surface area (Å²) in [5.74, 6) is 0. The maximum absolute atomic E-state index is 9.67. The molecule has 36 valence electrons. The van der Waals surface area contributed by atoms with E-state index in [9.17, 15) is 4.91 Å². The smallest absolute Gasteiger partial charge is 0.0908 e. The van der Waals surface area contributed by atoms with Crippen LogP contribution in [0.3, 0.4) is 0 Å². The fourth-order valence-corrected chi connectivity index (χ4v) is 1.04. The summed E-state index contributed by atoms with van der Waals surface area (Å²) in [6.45, 7) is 0. The summed E-state index contributed by atoms with van der Waals surface area (Å²) in [4.78, 5) is 9.67. The highest BCUT2D eigenvalue weighted by Crippen LogP contribution is 2.15. The lowest BCUT2D eigenvalue weighted by molar-refractivity contribution is 1.84. The third-order valence-electron chi connectivity index (χ3n) is 0.633. The van der Waals surface area contributed by atoms with E-state index in [0.29, 0.717) is 0 Å². The molecule has 1 heterocycles. The number of nitroso groups, excluding NO2 is 1. The summed E-state index contributed by atoms with van der Waals surface area (Å²) in [6.07, 6.45) is 0. The summed E-state index contributed by atoms with van der Waals surface area (Å²) in [6, 6.07) is 3.65. The van der Waals surface area contributed by atoms with Crippen molar-refractivity contribution in [3.8, 4) is 0 Å². The molecule has 1 rings (SSSR count). The Morgan fingerprint density at radius 3 is 2.14 bits per heavy atom. The molecule has 0 amide bonds. The lowest BCUT2D eigenvalue weighted by atomic mass is 10.7. The minimum atomic E-state index is -0.426. The molecule has 0 aliphatic carbocycles. The minimum Gasteiger partial charge on any atom is -0.0908 e. The molecule has 0 radical (unpaired) electrons. The molecule has 0 aliphatic rings. The predicted molar refractivity (Wildman–Crippen MR) is 30.1 cm³/mol. The number of thiophene rings is 1. The lowest BCUT2D eigenvalue weighted by Crippen LogP contribution is -1.34. The Bertz CT molecular complexity index is 147. The van der Waals surface area contributed by atoms with E-state index in [2.05, 4.69) is 4.58 Å². The van der Waals surface area contributed by atoms with Gasteiger partial charge in [-0.25, -0.2) is 0 Å². The van der Waals surface area contributed by atoms with Gasteiger partial charge in [0.1, 0.15) is 0 Å². The Morgan fingerprint density at radius 1 is 1.29 bits per heavy atom. The number of hydrogen-bond donors (Lipinski definition) is 0. The molecule has 7 heavy (non-hydrogen) atoms. The van der Waals surface area contributed by atoms with Crippen LogP contribution in [0, 0.1) is 4.91 Å². The Morgan fingerprint density at radius 2 is 1.86 bits per heavy atom. The number of nitrogens with zero attached hydrogens (tertiary/aromatic N) is 1. The van der Waals surface area contributed by atoms with Gasteiger partial charge >= 0.3 is 0 Å². The van der Waals surface area contributed by atoms with Crippen LogP contribution in [0.4, 0.5) is 0 Å². The highest BCUT2D eigenvalue weighted by Gasteiger charge is 1.95. The van der Waals surface area contributed by atoms with Crippen molar-refractivity contribution < 1.29 is 0 Å². The zero-order valence-electron chi connectivity index (χ0n) is 3.57. The maximum Gasteiger partial charge on any atom is 0.198 e. The second-order valence-electron chi connectivity index (χ2n) is 1.08. The Labute approximate surface area is 43.9 Å². The van der Waals surface area contributed by atoms with Crippen molar-refractivity contribution in [2.45, 2.75) is 0 Å². The molecule has 0 spiro atoms. The fraction of sp³-hybridized carbons (Fsp3) is 0. The van der Waals surface area contributed by atoms with Crippen LogP contribution < -0.4 is 0 Å². The molecule has 0 fully saturated rings. The van der Waals surface area contributed by atoms with Crippen LogP contribution in [-0.2, 0) is 0 Å². The molecule has 1 aromatic rings. The van der Waals surface area contributed by atoms with Gasteiger partial charge in [-0.3, -0.25) is 0 Å². The Hall–Kier alpha value is -0.700. The Kier molecular flexibility index (Phi) is 1.17. The first-order valence-corrected chi connectivity index (χ1v) is 3.14. The van der Waals surface area contributed by atoms with Crippen molar-refractivity contribution in [1.29, 1.82) is 0 Å². The summed E-state index contributed by atoms with van der Waals surface area (Å²) in [5.41, 5.74) is 0. The lowest BCUT2D eigenvalue weighted by Gasteiger charge is -1.52. The van der Waals surface area contributed by atoms with Crippen LogP contribution in [0.25, 0.3) is 0 Å². The van der Waals surface area contributed by atoms with Crippen molar-refractivity contribution >= 4 is 10.7 Å². The van der Waals surface area contributed by atoms with E-state index in [1.54, 1.807) is 10.8 Å². The fourth-order valence-electron chi connectivity index (χ4n) is 0.347. The first-order chi connectivity index (χ1) is 3.43. The third kappa shape index (κ3) is 0.838. The Balaban J connectivity index is 2.96. The molecule has 0 unspecified atom stereocenters. The van der Waals surface area contributed by atoms with E-state index in [4.69, 9.17) is 0 Å². The van der Waals surface area contributed by atoms with Crippen LogP contribution in [0.5, 0.6) is 0 Å². The molecule has 0 aromatic carbocycles. The monoisotopic (exact) mass is 114 g/mol. The molecule has 0 saturated carbocycles. The van der Waals surface area contributed by atoms with Crippen LogP contribution in [0.1, 0.15) is 0 Å². The second kappa shape index (κ2) is 1.84. The largest absolute Gasteiger partial charge is 0.198 e. The quantitative estimate of drug-likeness (QED) is 0.405. The first kappa shape index (κ1) is 4.46. The van der Waals surface area contributed by atoms with E-state index >= 15 is 0 Å². The van der Waals surface area contributed by atoms with Gasteiger partial charge in [0.25, 0.3) is 0 Å². The number of hydrogen-bond acceptors (Lipinski definition) is 2. The van der Waals surface area contributed by atoms with Gasteiger partial charge in [0.05, 0.1) is 0 Å². The average Bonchev–Trinajstić information content (AvgIpc) is 2.14. The van der Waals surface area contributed by atoms with Gasteiger partial charge in [0, 0.05) is 0 Å². The summed E-state index contributed by atoms with van der Waals surface area (Å²) in [5, 5.41) is 3.54. The molecular weight excluding hydrogens is 110 g/mol. The summed E-state index contributed by atoms with van der Waals surface area (Å²) in [7, 11) is -0.426. The van der Waals surface area contributed by atoms with Gasteiger partial charge in [-0.1, -0.05) is 4.91 Å². The van der Waals surface area contributed by atoms with Gasteiger partial charge < -0.3 is 0 Å². The highest BCUT2D eigenvalue weighted by molar-refractivity contribution is 7.26. The normalized spacial score (nSPS) is 8.57. The van der Waals surface area contributed by atoms with Crippen molar-refractivity contribution in [1.82, 2.24) is 0 Å². The van der Waals surface area contributed by atoms with Gasteiger partial charge in [-0.05, 0) is 12.1 Å². The predicted octanol–water partition coefficient (Wildman–Crippen LogP) is 1.97. The standard InChI is InChI=1S/C4H4NOS/c6-5-7-3-1-2-4-7/h1-4H/q+1. The molecule has 2 nitrogen and oxygen atoms in total. The van der Waals surface area contributed by atoms with Crippen LogP contribution in [-0.4, -0.2) is 0 Å². The summed E-state index contributed by atoms with van der Waals surface area (Å²) >= 11 is 0. The van der Waals surface area contributed by atoms with Gasteiger partial charge in [0.15, 0.2) is 26.0 Å². The van der Waals surface area contributed by atoms with Crippen molar-refractivity contribution in [3.05, 3.63) is 27.8 Å². The second-order valence-corrected chi connectivity index (χ2v) is 2.47. The van der Waals surface area contributed by atoms with Gasteiger partial charge in [-0.15, -0.1) is 0 Å². The van der Waals surface area contributed by atoms with E-state index in [1.165, 1.54) is 0 Å². The van der Waals surface area contributed by atoms with Gasteiger partial charge in [0.2, 0.25) is 0 Å². The third-order valence-corrected chi connectivity index (χ3v) is 1.68. The van der Waals surface area contributed by atoms with E-state index in [0.717, 1.165) is 0 Å². The zero-order chi connectivity index (χ0) is 5.11. The van der Waals surface area contributed by atoms with Crippen LogP contribution in [0.2, 0.25) is 0 Å². The van der Waals surface area contributed by atoms with Gasteiger partial charge in [-0.2, -0.15) is 0 Å². The average molecular weight is 114 g/mol. The van der Waals surface area contributed by atoms with Crippen molar-refractivity contribution in [2.75, 3.05) is 0 Å². The topological polar surface area (TPSA) is 29.4 Å². The molecular formula is C4H4NOS+. The van der Waals surface area contributed by atoms with Crippen LogP contribution >= 0.6 is 10.7 Å². The molecule has 0 saturated heterocycles. The van der Waals surface area contributed by atoms with E-state index < -0.39 is 10.7 Å². The minimum absolute atomic E-state index is 0.426. The molecule has 3 heteroatoms.